The van der Waals surface area contributed by atoms with Gasteiger partial charge in [0.1, 0.15) is 11.6 Å². The molecule has 0 saturated carbocycles. The molecule has 16 heavy (non-hydrogen) atoms. The van der Waals surface area contributed by atoms with Gasteiger partial charge in [-0.15, -0.1) is 0 Å². The van der Waals surface area contributed by atoms with Gasteiger partial charge in [0.15, 0.2) is 0 Å². The van der Waals surface area contributed by atoms with Gasteiger partial charge >= 0.3 is 0 Å². The molecule has 0 aliphatic heterocycles. The van der Waals surface area contributed by atoms with Crippen LogP contribution in [0.4, 0.5) is 0 Å². The number of aromatic amines is 1. The Morgan fingerprint density at radius 1 is 1.25 bits per heavy atom. The Hall–Kier alpha value is -1.18. The van der Waals surface area contributed by atoms with E-state index in [4.69, 9.17) is 4.52 Å². The highest BCUT2D eigenvalue weighted by atomic mass is 127. The molecule has 0 bridgehead atoms. The number of hydrogen-bond donors (Lipinski definition) is 1. The fraction of sp³-hybridized carbons (Fsp3) is 0.300. The fourth-order valence-electron chi connectivity index (χ4n) is 1.51. The van der Waals surface area contributed by atoms with E-state index in [2.05, 4.69) is 15.1 Å². The van der Waals surface area contributed by atoms with Crippen molar-refractivity contribution in [3.8, 4) is 11.4 Å². The second-order valence-electron chi connectivity index (χ2n) is 3.51. The predicted molar refractivity (Wildman–Crippen MR) is 67.3 cm³/mol. The van der Waals surface area contributed by atoms with Crippen molar-refractivity contribution in [1.82, 2.24) is 15.1 Å². The first-order chi connectivity index (χ1) is 7.50. The molecule has 0 aliphatic carbocycles. The van der Waals surface area contributed by atoms with Gasteiger partial charge in [-0.3, -0.25) is 4.79 Å². The van der Waals surface area contributed by atoms with Gasteiger partial charge in [0.25, 0.3) is 5.56 Å². The maximum atomic E-state index is 11.6. The van der Waals surface area contributed by atoms with Gasteiger partial charge in [-0.25, -0.2) is 4.98 Å². The quantitative estimate of drug-likeness (QED) is 0.811. The Kier molecular flexibility index (Phi) is 2.83. The van der Waals surface area contributed by atoms with Gasteiger partial charge in [-0.2, -0.15) is 0 Å². The van der Waals surface area contributed by atoms with Crippen LogP contribution in [0.5, 0.6) is 0 Å². The van der Waals surface area contributed by atoms with Crippen LogP contribution in [0, 0.1) is 24.3 Å². The minimum Gasteiger partial charge on any atom is -0.361 e. The van der Waals surface area contributed by atoms with Gasteiger partial charge < -0.3 is 9.51 Å². The van der Waals surface area contributed by atoms with Crippen LogP contribution in [0.25, 0.3) is 11.4 Å². The smallest absolute Gasteiger partial charge is 0.264 e. The van der Waals surface area contributed by atoms with Crippen LogP contribution in [0.2, 0.25) is 0 Å². The molecular formula is C10H10IN3O2. The second-order valence-corrected chi connectivity index (χ2v) is 4.59. The van der Waals surface area contributed by atoms with E-state index in [0.717, 1.165) is 11.3 Å². The summed E-state index contributed by atoms with van der Waals surface area (Å²) >= 11 is 1.98. The molecule has 0 aliphatic rings. The Morgan fingerprint density at radius 3 is 2.44 bits per heavy atom. The van der Waals surface area contributed by atoms with Crippen molar-refractivity contribution in [2.75, 3.05) is 0 Å². The first-order valence-corrected chi connectivity index (χ1v) is 5.78. The molecule has 0 saturated heterocycles. The number of aryl methyl sites for hydroxylation is 3. The molecule has 0 aromatic carbocycles. The van der Waals surface area contributed by atoms with E-state index >= 15 is 0 Å². The SMILES string of the molecule is Cc1noc(C)c1-c1nc(C)c(I)c(=O)[nH]1. The lowest BCUT2D eigenvalue weighted by molar-refractivity contribution is 0.393. The molecule has 0 fully saturated rings. The number of nitrogens with one attached hydrogen (secondary N) is 1. The molecule has 1 N–H and O–H groups in total. The second kappa shape index (κ2) is 4.00. The monoisotopic (exact) mass is 331 g/mol. The number of aromatic nitrogens is 3. The number of nitrogens with zero attached hydrogens (tertiary/aromatic N) is 2. The molecule has 0 unspecified atom stereocenters. The number of rotatable bonds is 1. The van der Waals surface area contributed by atoms with Gasteiger partial charge in [-0.1, -0.05) is 5.16 Å². The zero-order chi connectivity index (χ0) is 11.9. The van der Waals surface area contributed by atoms with E-state index in [9.17, 15) is 4.79 Å². The average Bonchev–Trinajstić information content (AvgIpc) is 2.54. The molecule has 0 radical (unpaired) electrons. The third-order valence-electron chi connectivity index (χ3n) is 2.30. The molecule has 2 heterocycles. The van der Waals surface area contributed by atoms with Crippen molar-refractivity contribution in [2.45, 2.75) is 20.8 Å². The highest BCUT2D eigenvalue weighted by molar-refractivity contribution is 14.1. The zero-order valence-corrected chi connectivity index (χ0v) is 11.2. The molecule has 5 nitrogen and oxygen atoms in total. The van der Waals surface area contributed by atoms with E-state index in [-0.39, 0.29) is 5.56 Å². The topological polar surface area (TPSA) is 71.8 Å². The summed E-state index contributed by atoms with van der Waals surface area (Å²) in [5, 5.41) is 3.84. The lowest BCUT2D eigenvalue weighted by Crippen LogP contribution is -2.14. The Morgan fingerprint density at radius 2 is 1.94 bits per heavy atom. The largest absolute Gasteiger partial charge is 0.361 e. The summed E-state index contributed by atoms with van der Waals surface area (Å²) in [6.45, 7) is 5.42. The van der Waals surface area contributed by atoms with Gasteiger partial charge in [0.2, 0.25) is 0 Å². The zero-order valence-electron chi connectivity index (χ0n) is 9.09. The van der Waals surface area contributed by atoms with Crippen LogP contribution in [-0.2, 0) is 0 Å². The Balaban J connectivity index is 2.71. The summed E-state index contributed by atoms with van der Waals surface area (Å²) in [6, 6.07) is 0. The first kappa shape index (κ1) is 11.3. The molecule has 0 amide bonds. The molecule has 6 heteroatoms. The first-order valence-electron chi connectivity index (χ1n) is 4.70. The van der Waals surface area contributed by atoms with Crippen molar-refractivity contribution in [3.05, 3.63) is 31.1 Å². The molecular weight excluding hydrogens is 321 g/mol. The van der Waals surface area contributed by atoms with E-state index in [1.807, 2.05) is 29.5 Å². The number of halogens is 1. The normalized spacial score (nSPS) is 10.8. The van der Waals surface area contributed by atoms with E-state index in [0.29, 0.717) is 20.8 Å². The lowest BCUT2D eigenvalue weighted by Gasteiger charge is -2.02. The van der Waals surface area contributed by atoms with Crippen molar-refractivity contribution >= 4 is 22.6 Å². The lowest BCUT2D eigenvalue weighted by atomic mass is 10.2. The molecule has 84 valence electrons. The van der Waals surface area contributed by atoms with Crippen molar-refractivity contribution < 1.29 is 4.52 Å². The summed E-state index contributed by atoms with van der Waals surface area (Å²) in [6.07, 6.45) is 0. The molecule has 2 aromatic rings. The highest BCUT2D eigenvalue weighted by Crippen LogP contribution is 2.23. The molecule has 0 spiro atoms. The van der Waals surface area contributed by atoms with E-state index in [1.165, 1.54) is 0 Å². The van der Waals surface area contributed by atoms with Crippen molar-refractivity contribution in [1.29, 1.82) is 0 Å². The average molecular weight is 331 g/mol. The van der Waals surface area contributed by atoms with E-state index < -0.39 is 0 Å². The van der Waals surface area contributed by atoms with Gasteiger partial charge in [0, 0.05) is 0 Å². The summed E-state index contributed by atoms with van der Waals surface area (Å²) < 4.78 is 5.65. The van der Waals surface area contributed by atoms with Crippen LogP contribution >= 0.6 is 22.6 Å². The summed E-state index contributed by atoms with van der Waals surface area (Å²) in [7, 11) is 0. The van der Waals surface area contributed by atoms with Crippen LogP contribution in [0.15, 0.2) is 9.32 Å². The minimum atomic E-state index is -0.136. The summed E-state index contributed by atoms with van der Waals surface area (Å²) in [5.41, 5.74) is 2.06. The van der Waals surface area contributed by atoms with Gasteiger partial charge in [0.05, 0.1) is 20.5 Å². The number of H-pyrrole nitrogens is 1. The molecule has 2 rings (SSSR count). The fourth-order valence-corrected chi connectivity index (χ4v) is 1.77. The van der Waals surface area contributed by atoms with Crippen LogP contribution in [-0.4, -0.2) is 15.1 Å². The third-order valence-corrected chi connectivity index (χ3v) is 3.57. The standard InChI is InChI=1S/C10H10IN3O2/c1-4-7(6(3)16-14-4)9-12-5(2)8(11)10(15)13-9/h1-3H3,(H,12,13,15). The third kappa shape index (κ3) is 1.77. The van der Waals surface area contributed by atoms with Crippen LogP contribution in [0.1, 0.15) is 17.1 Å². The predicted octanol–water partition coefficient (Wildman–Crippen LogP) is 1.95. The highest BCUT2D eigenvalue weighted by Gasteiger charge is 2.15. The van der Waals surface area contributed by atoms with Crippen LogP contribution < -0.4 is 5.56 Å². The summed E-state index contributed by atoms with van der Waals surface area (Å²) in [5.74, 6) is 1.17. The molecule has 2 aromatic heterocycles. The Labute approximate surface area is 105 Å². The van der Waals surface area contributed by atoms with Gasteiger partial charge in [-0.05, 0) is 43.4 Å². The summed E-state index contributed by atoms with van der Waals surface area (Å²) in [4.78, 5) is 18.7. The maximum Gasteiger partial charge on any atom is 0.264 e. The van der Waals surface area contributed by atoms with Crippen LogP contribution in [0.3, 0.4) is 0 Å². The maximum absolute atomic E-state index is 11.6. The number of hydrogen-bond acceptors (Lipinski definition) is 4. The molecule has 0 atom stereocenters. The Bertz CT molecular complexity index is 581. The van der Waals surface area contributed by atoms with Crippen molar-refractivity contribution in [2.24, 2.45) is 0 Å². The van der Waals surface area contributed by atoms with E-state index in [1.54, 1.807) is 13.8 Å². The minimum absolute atomic E-state index is 0.136. The van der Waals surface area contributed by atoms with Crippen molar-refractivity contribution in [3.63, 3.8) is 0 Å².